The summed E-state index contributed by atoms with van der Waals surface area (Å²) in [5, 5.41) is 0. The first-order chi connectivity index (χ1) is 14.0. The molecule has 1 aliphatic heterocycles. The van der Waals surface area contributed by atoms with Crippen LogP contribution in [0.15, 0.2) is 72.8 Å². The van der Waals surface area contributed by atoms with Gasteiger partial charge in [0.15, 0.2) is 0 Å². The van der Waals surface area contributed by atoms with Crippen molar-refractivity contribution in [2.75, 3.05) is 7.11 Å². The molecular formula is C24H25NO4. The number of nitrogens with zero attached hydrogens (tertiary/aromatic N) is 1. The molecule has 5 nitrogen and oxygen atoms in total. The van der Waals surface area contributed by atoms with Gasteiger partial charge in [-0.2, -0.15) is 0 Å². The van der Waals surface area contributed by atoms with Crippen molar-refractivity contribution in [2.24, 2.45) is 0 Å². The maximum absolute atomic E-state index is 12.5. The molecule has 0 N–H and O–H groups in total. The summed E-state index contributed by atoms with van der Waals surface area (Å²) in [5.41, 5.74) is 2.27. The van der Waals surface area contributed by atoms with Crippen LogP contribution in [0.1, 0.15) is 42.7 Å². The van der Waals surface area contributed by atoms with Crippen molar-refractivity contribution in [3.05, 3.63) is 83.9 Å². The topological polar surface area (TPSA) is 63.7 Å². The van der Waals surface area contributed by atoms with E-state index in [-0.39, 0.29) is 11.8 Å². The molecule has 1 heterocycles. The second kappa shape index (κ2) is 9.32. The van der Waals surface area contributed by atoms with Crippen molar-refractivity contribution >= 4 is 17.8 Å². The van der Waals surface area contributed by atoms with Crippen LogP contribution in [-0.4, -0.2) is 35.8 Å². The molecule has 0 aromatic heterocycles. The molecule has 0 saturated carbocycles. The molecule has 0 fully saturated rings. The summed E-state index contributed by atoms with van der Waals surface area (Å²) in [4.78, 5) is 38.0. The van der Waals surface area contributed by atoms with Gasteiger partial charge < -0.3 is 4.74 Å². The highest BCUT2D eigenvalue weighted by Gasteiger charge is 2.38. The Labute approximate surface area is 171 Å². The smallest absolute Gasteiger partial charge is 0.329 e. The Hall–Kier alpha value is -3.21. The average molecular weight is 391 g/mol. The molecule has 2 aromatic carbocycles. The van der Waals surface area contributed by atoms with Gasteiger partial charge in [-0.15, -0.1) is 0 Å². The first-order valence-electron chi connectivity index (χ1n) is 9.74. The lowest BCUT2D eigenvalue weighted by molar-refractivity contribution is -0.156. The van der Waals surface area contributed by atoms with Gasteiger partial charge in [0, 0.05) is 12.2 Å². The second-order valence-electron chi connectivity index (χ2n) is 7.31. The Kier molecular flexibility index (Phi) is 6.60. The third-order valence-corrected chi connectivity index (χ3v) is 5.41. The van der Waals surface area contributed by atoms with Gasteiger partial charge in [0.1, 0.15) is 6.04 Å². The molecule has 2 aromatic rings. The van der Waals surface area contributed by atoms with E-state index in [9.17, 15) is 14.4 Å². The van der Waals surface area contributed by atoms with E-state index in [1.54, 1.807) is 0 Å². The zero-order valence-electron chi connectivity index (χ0n) is 16.7. The molecule has 150 valence electrons. The number of methoxy groups -OCH3 is 1. The fourth-order valence-corrected chi connectivity index (χ4v) is 3.87. The summed E-state index contributed by atoms with van der Waals surface area (Å²) in [6.45, 7) is 2.14. The summed E-state index contributed by atoms with van der Waals surface area (Å²) in [6.07, 6.45) is 3.48. The zero-order valence-corrected chi connectivity index (χ0v) is 16.7. The molecular weight excluding hydrogens is 366 g/mol. The number of rotatable bonds is 8. The lowest BCUT2D eigenvalue weighted by Gasteiger charge is -2.29. The van der Waals surface area contributed by atoms with Crippen LogP contribution in [0.4, 0.5) is 0 Å². The van der Waals surface area contributed by atoms with E-state index in [1.165, 1.54) is 24.8 Å². The van der Waals surface area contributed by atoms with Gasteiger partial charge in [0.25, 0.3) is 11.8 Å². The van der Waals surface area contributed by atoms with Crippen LogP contribution < -0.4 is 0 Å². The molecule has 3 rings (SSSR count). The predicted octanol–water partition coefficient (Wildman–Crippen LogP) is 3.82. The standard InChI is InChI=1S/C24H25NO4/c1-17(18-9-5-3-6-10-18)15-20(19-11-7-4-8-12-19)16-21(24(28)29-2)25-22(26)13-14-23(25)27/h3-14,17,20-21H,15-16H2,1-2H3. The maximum Gasteiger partial charge on any atom is 0.329 e. The number of hydrogen-bond donors (Lipinski definition) is 0. The van der Waals surface area contributed by atoms with Gasteiger partial charge in [-0.05, 0) is 35.8 Å². The first kappa shape index (κ1) is 20.5. The molecule has 3 atom stereocenters. The van der Waals surface area contributed by atoms with Crippen LogP contribution in [-0.2, 0) is 19.1 Å². The van der Waals surface area contributed by atoms with E-state index >= 15 is 0 Å². The number of hydrogen-bond acceptors (Lipinski definition) is 4. The first-order valence-corrected chi connectivity index (χ1v) is 9.74. The molecule has 5 heteroatoms. The maximum atomic E-state index is 12.5. The average Bonchev–Trinajstić information content (AvgIpc) is 3.09. The molecule has 0 spiro atoms. The van der Waals surface area contributed by atoms with Gasteiger partial charge in [-0.25, -0.2) is 4.79 Å². The lowest BCUT2D eigenvalue weighted by Crippen LogP contribution is -2.46. The van der Waals surface area contributed by atoms with Gasteiger partial charge >= 0.3 is 5.97 Å². The van der Waals surface area contributed by atoms with E-state index in [2.05, 4.69) is 19.1 Å². The van der Waals surface area contributed by atoms with Crippen molar-refractivity contribution in [1.82, 2.24) is 4.90 Å². The Bertz CT molecular complexity index is 874. The van der Waals surface area contributed by atoms with Crippen LogP contribution in [0.5, 0.6) is 0 Å². The van der Waals surface area contributed by atoms with Gasteiger partial charge in [-0.1, -0.05) is 67.6 Å². The summed E-state index contributed by atoms with van der Waals surface area (Å²) >= 11 is 0. The molecule has 2 amide bonds. The van der Waals surface area contributed by atoms with E-state index in [4.69, 9.17) is 4.74 Å². The molecule has 29 heavy (non-hydrogen) atoms. The SMILES string of the molecule is COC(=O)C(CC(CC(C)c1ccccc1)c1ccccc1)N1C(=O)C=CC1=O. The lowest BCUT2D eigenvalue weighted by atomic mass is 9.82. The number of esters is 1. The van der Waals surface area contributed by atoms with Crippen LogP contribution in [0.25, 0.3) is 0 Å². The summed E-state index contributed by atoms with van der Waals surface area (Å²) in [5.74, 6) is -1.33. The third-order valence-electron chi connectivity index (χ3n) is 5.41. The number of imide groups is 1. The minimum atomic E-state index is -0.955. The Morgan fingerprint density at radius 1 is 0.862 bits per heavy atom. The fourth-order valence-electron chi connectivity index (χ4n) is 3.87. The van der Waals surface area contributed by atoms with Crippen LogP contribution in [0, 0.1) is 0 Å². The van der Waals surface area contributed by atoms with E-state index < -0.39 is 23.8 Å². The molecule has 1 aliphatic rings. The third kappa shape index (κ3) is 4.80. The van der Waals surface area contributed by atoms with Gasteiger partial charge in [-0.3, -0.25) is 14.5 Å². The van der Waals surface area contributed by atoms with Gasteiger partial charge in [0.05, 0.1) is 7.11 Å². The minimum absolute atomic E-state index is 0.0308. The Morgan fingerprint density at radius 3 is 1.90 bits per heavy atom. The van der Waals surface area contributed by atoms with Gasteiger partial charge in [0.2, 0.25) is 0 Å². The Morgan fingerprint density at radius 2 is 1.38 bits per heavy atom. The van der Waals surface area contributed by atoms with Crippen molar-refractivity contribution in [3.63, 3.8) is 0 Å². The van der Waals surface area contributed by atoms with Crippen LogP contribution >= 0.6 is 0 Å². The highest BCUT2D eigenvalue weighted by molar-refractivity contribution is 6.14. The zero-order chi connectivity index (χ0) is 20.8. The normalized spacial score (nSPS) is 16.6. The number of benzene rings is 2. The molecule has 0 aliphatic carbocycles. The predicted molar refractivity (Wildman–Crippen MR) is 110 cm³/mol. The molecule has 3 unspecified atom stereocenters. The van der Waals surface area contributed by atoms with Crippen molar-refractivity contribution in [3.8, 4) is 0 Å². The van der Waals surface area contributed by atoms with Crippen LogP contribution in [0.3, 0.4) is 0 Å². The highest BCUT2D eigenvalue weighted by Crippen LogP contribution is 2.34. The molecule has 0 saturated heterocycles. The van der Waals surface area contributed by atoms with E-state index in [0.29, 0.717) is 6.42 Å². The minimum Gasteiger partial charge on any atom is -0.467 e. The van der Waals surface area contributed by atoms with Crippen LogP contribution in [0.2, 0.25) is 0 Å². The monoisotopic (exact) mass is 391 g/mol. The largest absolute Gasteiger partial charge is 0.467 e. The van der Waals surface area contributed by atoms with Crippen molar-refractivity contribution < 1.29 is 19.1 Å². The van der Waals surface area contributed by atoms with E-state index in [1.807, 2.05) is 48.5 Å². The number of ether oxygens (including phenoxy) is 1. The number of amides is 2. The quantitative estimate of drug-likeness (QED) is 0.507. The van der Waals surface area contributed by atoms with Crippen molar-refractivity contribution in [1.29, 1.82) is 0 Å². The van der Waals surface area contributed by atoms with E-state index in [0.717, 1.165) is 16.9 Å². The summed E-state index contributed by atoms with van der Waals surface area (Å²) in [7, 11) is 1.28. The Balaban J connectivity index is 1.89. The fraction of sp³-hybridized carbons (Fsp3) is 0.292. The van der Waals surface area contributed by atoms with Crippen molar-refractivity contribution in [2.45, 2.75) is 37.6 Å². The molecule has 0 bridgehead atoms. The summed E-state index contributed by atoms with van der Waals surface area (Å²) < 4.78 is 4.93. The highest BCUT2D eigenvalue weighted by atomic mass is 16.5. The number of carbonyl (C=O) groups excluding carboxylic acids is 3. The number of carbonyl (C=O) groups is 3. The second-order valence-corrected chi connectivity index (χ2v) is 7.31. The summed E-state index contributed by atoms with van der Waals surface area (Å²) in [6, 6.07) is 19.1. The molecule has 0 radical (unpaired) electrons.